The van der Waals surface area contributed by atoms with Gasteiger partial charge in [0.1, 0.15) is 11.6 Å². The van der Waals surface area contributed by atoms with E-state index < -0.39 is 9.84 Å². The second-order valence-corrected chi connectivity index (χ2v) is 9.28. The van der Waals surface area contributed by atoms with Crippen molar-refractivity contribution in [1.82, 2.24) is 9.80 Å². The molecule has 8 heteroatoms. The average molecular weight is 392 g/mol. The third-order valence-electron chi connectivity index (χ3n) is 5.27. The minimum atomic E-state index is -2.90. The van der Waals surface area contributed by atoms with E-state index in [9.17, 15) is 17.6 Å². The van der Waals surface area contributed by atoms with Crippen molar-refractivity contribution in [2.45, 2.75) is 12.5 Å². The summed E-state index contributed by atoms with van der Waals surface area (Å²) >= 11 is 0. The van der Waals surface area contributed by atoms with Crippen molar-refractivity contribution in [3.63, 3.8) is 0 Å². The van der Waals surface area contributed by atoms with E-state index >= 15 is 0 Å². The first-order valence-corrected chi connectivity index (χ1v) is 10.8. The summed E-state index contributed by atoms with van der Waals surface area (Å²) in [5.41, 5.74) is 0.711. The normalized spacial score (nSPS) is 22.9. The molecule has 2 aliphatic heterocycles. The molecule has 0 bridgehead atoms. The van der Waals surface area contributed by atoms with Crippen molar-refractivity contribution in [3.8, 4) is 11.3 Å². The van der Waals surface area contributed by atoms with Crippen molar-refractivity contribution in [2.75, 3.05) is 37.7 Å². The van der Waals surface area contributed by atoms with Gasteiger partial charge < -0.3 is 9.32 Å². The number of piperazine rings is 1. The molecule has 6 nitrogen and oxygen atoms in total. The highest BCUT2D eigenvalue weighted by Crippen LogP contribution is 2.24. The summed E-state index contributed by atoms with van der Waals surface area (Å²) in [4.78, 5) is 16.6. The summed E-state index contributed by atoms with van der Waals surface area (Å²) in [6.45, 7) is 2.42. The molecule has 2 aliphatic rings. The van der Waals surface area contributed by atoms with Crippen LogP contribution < -0.4 is 0 Å². The van der Waals surface area contributed by atoms with E-state index in [1.807, 2.05) is 0 Å². The number of hydrogen-bond acceptors (Lipinski definition) is 5. The Morgan fingerprint density at radius 1 is 1.04 bits per heavy atom. The highest BCUT2D eigenvalue weighted by molar-refractivity contribution is 7.91. The van der Waals surface area contributed by atoms with Crippen LogP contribution in [0.25, 0.3) is 11.3 Å². The Morgan fingerprint density at radius 3 is 2.37 bits per heavy atom. The van der Waals surface area contributed by atoms with E-state index in [1.165, 1.54) is 12.1 Å². The minimum Gasteiger partial charge on any atom is -0.451 e. The quantitative estimate of drug-likeness (QED) is 0.799. The van der Waals surface area contributed by atoms with Crippen LogP contribution in [0.2, 0.25) is 0 Å². The topological polar surface area (TPSA) is 70.8 Å². The third kappa shape index (κ3) is 3.91. The lowest BCUT2D eigenvalue weighted by Gasteiger charge is -2.37. The van der Waals surface area contributed by atoms with Gasteiger partial charge in [-0.3, -0.25) is 9.69 Å². The van der Waals surface area contributed by atoms with Crippen LogP contribution in [0.3, 0.4) is 0 Å². The average Bonchev–Trinajstić information content (AvgIpc) is 3.29. The standard InChI is InChI=1S/C19H21FN2O4S/c20-15-3-1-14(2-4-15)17-5-6-18(26-17)19(23)22-10-8-21(9-11-22)16-7-12-27(24,25)13-16/h1-6,16H,7-13H2/t16-/m0/s1. The van der Waals surface area contributed by atoms with Crippen molar-refractivity contribution in [2.24, 2.45) is 0 Å². The molecule has 27 heavy (non-hydrogen) atoms. The molecule has 144 valence electrons. The zero-order chi connectivity index (χ0) is 19.0. The number of nitrogens with zero attached hydrogens (tertiary/aromatic N) is 2. The van der Waals surface area contributed by atoms with Gasteiger partial charge in [0, 0.05) is 37.8 Å². The number of halogens is 1. The summed E-state index contributed by atoms with van der Waals surface area (Å²) < 4.78 is 42.0. The number of furan rings is 1. The highest BCUT2D eigenvalue weighted by Gasteiger charge is 2.34. The number of sulfone groups is 1. The number of rotatable bonds is 3. The Hall–Kier alpha value is -2.19. The zero-order valence-corrected chi connectivity index (χ0v) is 15.6. The summed E-state index contributed by atoms with van der Waals surface area (Å²) in [7, 11) is -2.90. The van der Waals surface area contributed by atoms with Crippen molar-refractivity contribution in [3.05, 3.63) is 48.0 Å². The van der Waals surface area contributed by atoms with Gasteiger partial charge in [-0.05, 0) is 42.8 Å². The zero-order valence-electron chi connectivity index (χ0n) is 14.8. The Bertz CT molecular complexity index is 931. The van der Waals surface area contributed by atoms with E-state index in [4.69, 9.17) is 4.42 Å². The van der Waals surface area contributed by atoms with Gasteiger partial charge in [0.2, 0.25) is 0 Å². The van der Waals surface area contributed by atoms with Gasteiger partial charge in [-0.2, -0.15) is 0 Å². The van der Waals surface area contributed by atoms with Crippen LogP contribution in [0.15, 0.2) is 40.8 Å². The van der Waals surface area contributed by atoms with E-state index in [2.05, 4.69) is 4.90 Å². The molecule has 0 N–H and O–H groups in total. The van der Waals surface area contributed by atoms with Crippen LogP contribution in [0.1, 0.15) is 17.0 Å². The van der Waals surface area contributed by atoms with Crippen LogP contribution in [-0.4, -0.2) is 67.9 Å². The molecule has 1 atom stereocenters. The molecule has 0 radical (unpaired) electrons. The lowest BCUT2D eigenvalue weighted by molar-refractivity contribution is 0.0559. The molecular formula is C19H21FN2O4S. The minimum absolute atomic E-state index is 0.0703. The van der Waals surface area contributed by atoms with Crippen LogP contribution in [0.5, 0.6) is 0 Å². The number of hydrogen-bond donors (Lipinski definition) is 0. The fourth-order valence-electron chi connectivity index (χ4n) is 3.73. The fourth-order valence-corrected chi connectivity index (χ4v) is 5.49. The molecule has 0 unspecified atom stereocenters. The molecule has 2 fully saturated rings. The Balaban J connectivity index is 1.38. The maximum Gasteiger partial charge on any atom is 0.289 e. The molecule has 1 aromatic carbocycles. The molecule has 4 rings (SSSR count). The van der Waals surface area contributed by atoms with Crippen molar-refractivity contribution >= 4 is 15.7 Å². The molecule has 0 aliphatic carbocycles. The first-order valence-electron chi connectivity index (χ1n) is 9.01. The summed E-state index contributed by atoms with van der Waals surface area (Å²) in [5, 5.41) is 0. The predicted octanol–water partition coefficient (Wildman–Crippen LogP) is 2.03. The molecule has 2 saturated heterocycles. The van der Waals surface area contributed by atoms with Crippen molar-refractivity contribution < 1.29 is 22.0 Å². The van der Waals surface area contributed by atoms with Gasteiger partial charge in [0.15, 0.2) is 15.6 Å². The number of amides is 1. The van der Waals surface area contributed by atoms with Gasteiger partial charge in [-0.1, -0.05) is 0 Å². The van der Waals surface area contributed by atoms with E-state index in [0.29, 0.717) is 43.9 Å². The maximum atomic E-state index is 13.0. The smallest absolute Gasteiger partial charge is 0.289 e. The lowest BCUT2D eigenvalue weighted by Crippen LogP contribution is -2.52. The van der Waals surface area contributed by atoms with Gasteiger partial charge in [0.25, 0.3) is 5.91 Å². The van der Waals surface area contributed by atoms with E-state index in [1.54, 1.807) is 29.2 Å². The summed E-state index contributed by atoms with van der Waals surface area (Å²) in [6, 6.07) is 9.33. The molecule has 0 spiro atoms. The van der Waals surface area contributed by atoms with Gasteiger partial charge in [-0.25, -0.2) is 12.8 Å². The lowest BCUT2D eigenvalue weighted by atomic mass is 10.2. The first-order chi connectivity index (χ1) is 12.9. The van der Waals surface area contributed by atoms with Gasteiger partial charge >= 0.3 is 0 Å². The van der Waals surface area contributed by atoms with E-state index in [0.717, 1.165) is 0 Å². The van der Waals surface area contributed by atoms with Crippen LogP contribution in [0.4, 0.5) is 4.39 Å². The summed E-state index contributed by atoms with van der Waals surface area (Å²) in [6.07, 6.45) is 0.676. The Kier molecular flexibility index (Phi) is 4.77. The molecule has 0 saturated carbocycles. The number of carbonyl (C=O) groups is 1. The Morgan fingerprint density at radius 2 is 1.74 bits per heavy atom. The van der Waals surface area contributed by atoms with Gasteiger partial charge in [0.05, 0.1) is 11.5 Å². The fraction of sp³-hybridized carbons (Fsp3) is 0.421. The molecule has 1 amide bonds. The van der Waals surface area contributed by atoms with Crippen LogP contribution in [0, 0.1) is 5.82 Å². The molecule has 3 heterocycles. The SMILES string of the molecule is O=C(c1ccc(-c2ccc(F)cc2)o1)N1CCN([C@H]2CCS(=O)(=O)C2)CC1. The van der Waals surface area contributed by atoms with Crippen LogP contribution in [-0.2, 0) is 9.84 Å². The largest absolute Gasteiger partial charge is 0.451 e. The first kappa shape index (κ1) is 18.2. The highest BCUT2D eigenvalue weighted by atomic mass is 32.2. The summed E-state index contributed by atoms with van der Waals surface area (Å²) in [5.74, 6) is 0.756. The number of carbonyl (C=O) groups excluding carboxylic acids is 1. The second kappa shape index (κ2) is 7.09. The molecule has 1 aromatic heterocycles. The second-order valence-electron chi connectivity index (χ2n) is 7.06. The number of benzene rings is 1. The molecule has 2 aromatic rings. The molecular weight excluding hydrogens is 371 g/mol. The van der Waals surface area contributed by atoms with Crippen LogP contribution >= 0.6 is 0 Å². The monoisotopic (exact) mass is 392 g/mol. The van der Waals surface area contributed by atoms with E-state index in [-0.39, 0.29) is 35.0 Å². The third-order valence-corrected chi connectivity index (χ3v) is 7.02. The van der Waals surface area contributed by atoms with Gasteiger partial charge in [-0.15, -0.1) is 0 Å². The maximum absolute atomic E-state index is 13.0. The predicted molar refractivity (Wildman–Crippen MR) is 98.6 cm³/mol. The van der Waals surface area contributed by atoms with Crippen molar-refractivity contribution in [1.29, 1.82) is 0 Å². The Labute approximate surface area is 157 Å².